The van der Waals surface area contributed by atoms with Gasteiger partial charge in [-0.2, -0.15) is 0 Å². The summed E-state index contributed by atoms with van der Waals surface area (Å²) in [5.74, 6) is 0. The summed E-state index contributed by atoms with van der Waals surface area (Å²) in [6, 6.07) is 81.1. The Kier molecular flexibility index (Phi) is 8.79. The zero-order valence-electron chi connectivity index (χ0n) is 30.7. The molecule has 0 saturated heterocycles. The highest BCUT2D eigenvalue weighted by molar-refractivity contribution is 7.26. The topological polar surface area (TPSA) is 3.24 Å². The van der Waals surface area contributed by atoms with Crippen LogP contribution in [-0.4, -0.2) is 0 Å². The average molecular weight is 732 g/mol. The fraction of sp³-hybridized carbons (Fsp3) is 0. The number of nitrogens with zero attached hydrogens (tertiary/aromatic N) is 1. The number of anilines is 3. The summed E-state index contributed by atoms with van der Waals surface area (Å²) in [4.78, 5) is 2.35. The van der Waals surface area contributed by atoms with Crippen LogP contribution < -0.4 is 4.90 Å². The molecule has 0 unspecified atom stereocenters. The first-order chi connectivity index (χ1) is 27.8. The van der Waals surface area contributed by atoms with E-state index in [9.17, 15) is 0 Å². The summed E-state index contributed by atoms with van der Waals surface area (Å²) >= 11 is 1.90. The molecule has 0 N–H and O–H groups in total. The van der Waals surface area contributed by atoms with Crippen LogP contribution in [0.2, 0.25) is 0 Å². The number of hydrogen-bond acceptors (Lipinski definition) is 2. The van der Waals surface area contributed by atoms with Gasteiger partial charge in [-0.1, -0.05) is 176 Å². The van der Waals surface area contributed by atoms with Gasteiger partial charge in [0.25, 0.3) is 0 Å². The molecule has 9 aromatic carbocycles. The van der Waals surface area contributed by atoms with E-state index in [1.165, 1.54) is 75.8 Å². The lowest BCUT2D eigenvalue weighted by molar-refractivity contribution is 1.28. The molecule has 264 valence electrons. The van der Waals surface area contributed by atoms with Gasteiger partial charge in [0.05, 0.1) is 0 Å². The predicted molar refractivity (Wildman–Crippen MR) is 241 cm³/mol. The van der Waals surface area contributed by atoms with Gasteiger partial charge < -0.3 is 4.90 Å². The molecule has 2 heteroatoms. The van der Waals surface area contributed by atoms with Crippen molar-refractivity contribution in [2.45, 2.75) is 0 Å². The first-order valence-electron chi connectivity index (χ1n) is 19.1. The molecule has 1 heterocycles. The van der Waals surface area contributed by atoms with Crippen LogP contribution in [0.25, 0.3) is 75.8 Å². The molecule has 0 bridgehead atoms. The molecule has 0 radical (unpaired) electrons. The largest absolute Gasteiger partial charge is 0.311 e. The normalized spacial score (nSPS) is 11.2. The van der Waals surface area contributed by atoms with Crippen molar-refractivity contribution in [3.63, 3.8) is 0 Å². The van der Waals surface area contributed by atoms with Gasteiger partial charge in [0.1, 0.15) is 0 Å². The summed E-state index contributed by atoms with van der Waals surface area (Å²) in [5.41, 5.74) is 15.6. The highest BCUT2D eigenvalue weighted by Gasteiger charge is 2.18. The standard InChI is InChI=1S/C54H37NS/c1-5-14-38(15-6-1)40-24-30-46(31-25-40)55(47-32-26-41(27-33-47)39-16-7-2-8-17-39)48-34-28-42(29-35-48)45-36-51(44-20-11-4-12-21-44)54-52(37-45)50-23-13-22-49(53(50)56-54)43-18-9-3-10-19-43/h1-37H. The number of rotatable bonds is 8. The monoisotopic (exact) mass is 731 g/mol. The molecule has 0 fully saturated rings. The highest BCUT2D eigenvalue weighted by atomic mass is 32.1. The molecule has 56 heavy (non-hydrogen) atoms. The van der Waals surface area contributed by atoms with Crippen LogP contribution in [0.3, 0.4) is 0 Å². The van der Waals surface area contributed by atoms with Crippen LogP contribution in [0.4, 0.5) is 17.1 Å². The zero-order chi connectivity index (χ0) is 37.3. The van der Waals surface area contributed by atoms with Gasteiger partial charge in [0.2, 0.25) is 0 Å². The van der Waals surface area contributed by atoms with Crippen LogP contribution in [0.1, 0.15) is 0 Å². The van der Waals surface area contributed by atoms with E-state index in [2.05, 4.69) is 229 Å². The summed E-state index contributed by atoms with van der Waals surface area (Å²) in [6.07, 6.45) is 0. The summed E-state index contributed by atoms with van der Waals surface area (Å²) in [5, 5.41) is 2.59. The molecule has 0 aliphatic rings. The summed E-state index contributed by atoms with van der Waals surface area (Å²) in [7, 11) is 0. The second-order valence-corrected chi connectivity index (χ2v) is 15.1. The third kappa shape index (κ3) is 6.36. The lowest BCUT2D eigenvalue weighted by Crippen LogP contribution is -2.09. The van der Waals surface area contributed by atoms with Crippen molar-refractivity contribution in [1.29, 1.82) is 0 Å². The quantitative estimate of drug-likeness (QED) is 0.150. The van der Waals surface area contributed by atoms with Crippen molar-refractivity contribution in [3.8, 4) is 55.6 Å². The molecule has 0 spiro atoms. The minimum atomic E-state index is 1.10. The molecule has 10 aromatic rings. The van der Waals surface area contributed by atoms with Gasteiger partial charge >= 0.3 is 0 Å². The average Bonchev–Trinajstić information content (AvgIpc) is 3.67. The number of thiophene rings is 1. The molecule has 0 aliphatic heterocycles. The lowest BCUT2D eigenvalue weighted by Gasteiger charge is -2.26. The highest BCUT2D eigenvalue weighted by Crippen LogP contribution is 2.46. The van der Waals surface area contributed by atoms with Crippen molar-refractivity contribution >= 4 is 48.6 Å². The van der Waals surface area contributed by atoms with Gasteiger partial charge in [-0.15, -0.1) is 11.3 Å². The first-order valence-corrected chi connectivity index (χ1v) is 19.9. The van der Waals surface area contributed by atoms with Crippen molar-refractivity contribution in [2.75, 3.05) is 4.90 Å². The van der Waals surface area contributed by atoms with Gasteiger partial charge in [-0.05, 0) is 98.6 Å². The van der Waals surface area contributed by atoms with Crippen molar-refractivity contribution in [3.05, 3.63) is 224 Å². The van der Waals surface area contributed by atoms with Crippen LogP contribution in [0, 0.1) is 0 Å². The molecule has 1 aromatic heterocycles. The number of fused-ring (bicyclic) bond motifs is 3. The Morgan fingerprint density at radius 2 is 0.625 bits per heavy atom. The van der Waals surface area contributed by atoms with Gasteiger partial charge in [-0.25, -0.2) is 0 Å². The Hall–Kier alpha value is -7.00. The van der Waals surface area contributed by atoms with E-state index in [1.54, 1.807) is 0 Å². The van der Waals surface area contributed by atoms with Crippen LogP contribution in [0.5, 0.6) is 0 Å². The minimum absolute atomic E-state index is 1.10. The molecule has 1 nitrogen and oxygen atoms in total. The fourth-order valence-corrected chi connectivity index (χ4v) is 9.21. The molecule has 0 saturated carbocycles. The molecular weight excluding hydrogens is 695 g/mol. The maximum Gasteiger partial charge on any atom is 0.0462 e. The van der Waals surface area contributed by atoms with Crippen LogP contribution in [0.15, 0.2) is 224 Å². The Balaban J connectivity index is 1.08. The van der Waals surface area contributed by atoms with Crippen LogP contribution in [-0.2, 0) is 0 Å². The summed E-state index contributed by atoms with van der Waals surface area (Å²) < 4.78 is 2.64. The van der Waals surface area contributed by atoms with E-state index in [-0.39, 0.29) is 0 Å². The van der Waals surface area contributed by atoms with Crippen molar-refractivity contribution in [1.82, 2.24) is 0 Å². The smallest absolute Gasteiger partial charge is 0.0462 e. The van der Waals surface area contributed by atoms with E-state index >= 15 is 0 Å². The number of benzene rings is 9. The van der Waals surface area contributed by atoms with E-state index in [0.717, 1.165) is 17.1 Å². The van der Waals surface area contributed by atoms with Crippen LogP contribution >= 0.6 is 11.3 Å². The van der Waals surface area contributed by atoms with Gasteiger partial charge in [0.15, 0.2) is 0 Å². The van der Waals surface area contributed by atoms with E-state index in [1.807, 2.05) is 11.3 Å². The third-order valence-corrected chi connectivity index (χ3v) is 12.0. The molecule has 0 aliphatic carbocycles. The van der Waals surface area contributed by atoms with E-state index < -0.39 is 0 Å². The van der Waals surface area contributed by atoms with E-state index in [4.69, 9.17) is 0 Å². The zero-order valence-corrected chi connectivity index (χ0v) is 31.5. The molecule has 10 rings (SSSR count). The minimum Gasteiger partial charge on any atom is -0.311 e. The maximum atomic E-state index is 2.40. The maximum absolute atomic E-state index is 2.40. The Morgan fingerprint density at radius 3 is 1.09 bits per heavy atom. The fourth-order valence-electron chi connectivity index (χ4n) is 7.86. The second-order valence-electron chi connectivity index (χ2n) is 14.1. The Morgan fingerprint density at radius 1 is 0.250 bits per heavy atom. The SMILES string of the molecule is c1ccc(-c2ccc(N(c3ccc(-c4ccccc4)cc3)c3ccc(-c4cc(-c5ccccc5)c5sc6c(-c7ccccc7)cccc6c5c4)cc3)cc2)cc1. The van der Waals surface area contributed by atoms with Gasteiger partial charge in [0, 0.05) is 42.8 Å². The lowest BCUT2D eigenvalue weighted by atomic mass is 9.95. The summed E-state index contributed by atoms with van der Waals surface area (Å²) in [6.45, 7) is 0. The van der Waals surface area contributed by atoms with Crippen molar-refractivity contribution < 1.29 is 0 Å². The number of hydrogen-bond donors (Lipinski definition) is 0. The molecule has 0 amide bonds. The first kappa shape index (κ1) is 33.6. The second kappa shape index (κ2) is 14.7. The van der Waals surface area contributed by atoms with Gasteiger partial charge in [-0.3, -0.25) is 0 Å². The van der Waals surface area contributed by atoms with Crippen molar-refractivity contribution in [2.24, 2.45) is 0 Å². The molecule has 0 atom stereocenters. The Labute approximate surface area is 332 Å². The Bertz CT molecular complexity index is 2820. The predicted octanol–water partition coefficient (Wildman–Crippen LogP) is 15.9. The van der Waals surface area contributed by atoms with E-state index in [0.29, 0.717) is 0 Å². The third-order valence-electron chi connectivity index (χ3n) is 10.7. The molecular formula is C54H37NS.